The molecule has 0 aliphatic rings. The van der Waals surface area contributed by atoms with Crippen molar-refractivity contribution in [3.05, 3.63) is 38.4 Å². The van der Waals surface area contributed by atoms with Gasteiger partial charge in [-0.15, -0.1) is 0 Å². The van der Waals surface area contributed by atoms with E-state index in [0.29, 0.717) is 0 Å². The minimum atomic E-state index is -0.970. The van der Waals surface area contributed by atoms with Crippen LogP contribution in [0.25, 0.3) is 0 Å². The van der Waals surface area contributed by atoms with Crippen LogP contribution in [0.3, 0.4) is 0 Å². The van der Waals surface area contributed by atoms with E-state index in [1.165, 1.54) is 0 Å². The van der Waals surface area contributed by atoms with Gasteiger partial charge in [0.15, 0.2) is 0 Å². The fourth-order valence-electron chi connectivity index (χ4n) is 0.688. The van der Waals surface area contributed by atoms with E-state index in [2.05, 4.69) is 62.8 Å². The van der Waals surface area contributed by atoms with Crippen LogP contribution in [0.15, 0.2) is 23.6 Å². The van der Waals surface area contributed by atoms with Crippen molar-refractivity contribution in [1.82, 2.24) is 0 Å². The van der Waals surface area contributed by atoms with Gasteiger partial charge in [0.25, 0.3) is 0 Å². The van der Waals surface area contributed by atoms with Gasteiger partial charge in [-0.3, -0.25) is 0 Å². The van der Waals surface area contributed by atoms with E-state index in [0.717, 1.165) is 0 Å². The molecular weight excluding hydrogens is 276 g/mol. The maximum Gasteiger partial charge on any atom is 2.00 e. The molecule has 0 unspecified atom stereocenters. The molecule has 4 heteroatoms. The molecule has 0 nitrogen and oxygen atoms in total. The Balaban J connectivity index is -0.000000101. The monoisotopic (exact) mass is 308 g/mol. The molecule has 0 aromatic carbocycles. The summed E-state index contributed by atoms with van der Waals surface area (Å²) in [5.74, 6) is 0. The topological polar surface area (TPSA) is 0 Å². The number of rotatable bonds is 3. The summed E-state index contributed by atoms with van der Waals surface area (Å²) in [5, 5.41) is 0. The third-order valence-electron chi connectivity index (χ3n) is 1.30. The molecule has 0 radical (unpaired) electrons. The van der Waals surface area contributed by atoms with Gasteiger partial charge in [0, 0.05) is 0 Å². The van der Waals surface area contributed by atoms with Gasteiger partial charge < -0.3 is 14.9 Å². The molecule has 16 heavy (non-hydrogen) atoms. The third-order valence-corrected chi connectivity index (χ3v) is 3.69. The van der Waals surface area contributed by atoms with E-state index in [9.17, 15) is 0 Å². The Bertz CT molecular complexity index is 163. The first kappa shape index (κ1) is 30.1. The van der Waals surface area contributed by atoms with Crippen molar-refractivity contribution in [2.24, 2.45) is 0 Å². The van der Waals surface area contributed by atoms with E-state index in [1.54, 1.807) is 0 Å². The summed E-state index contributed by atoms with van der Waals surface area (Å²) < 4.78 is 0. The van der Waals surface area contributed by atoms with E-state index in [1.807, 2.05) is 0 Å². The van der Waals surface area contributed by atoms with Gasteiger partial charge in [-0.2, -0.15) is 0 Å². The summed E-state index contributed by atoms with van der Waals surface area (Å²) >= 11 is 0. The first-order valence-corrected chi connectivity index (χ1v) is 11.7. The van der Waals surface area contributed by atoms with Crippen molar-refractivity contribution < 1.29 is 21.7 Å². The molecule has 0 aromatic heterocycles. The molecule has 0 rings (SSSR count). The van der Waals surface area contributed by atoms with E-state index >= 15 is 0 Å². The van der Waals surface area contributed by atoms with Crippen molar-refractivity contribution in [2.45, 2.75) is 39.3 Å². The standard InChI is InChI=1S/C10H22Si2.2CH3.H4Si.Ti/c1-11(2,3)9-7-8-10-12(4,5)6;;;;/h7-10H,1-6H3;2*1H3;1H4;/q;2*-1;;+2. The number of allylic oxidation sites excluding steroid dienone is 2. The Morgan fingerprint density at radius 3 is 0.938 bits per heavy atom. The van der Waals surface area contributed by atoms with Gasteiger partial charge in [-0.25, -0.2) is 0 Å². The normalized spacial score (nSPS) is 11.1. The fourth-order valence-corrected chi connectivity index (χ4v) is 2.07. The Morgan fingerprint density at radius 1 is 0.625 bits per heavy atom. The van der Waals surface area contributed by atoms with Gasteiger partial charge in [-0.05, 0) is 11.0 Å². The molecule has 0 aromatic rings. The molecule has 0 atom stereocenters. The largest absolute Gasteiger partial charge is 2.00 e. The first-order chi connectivity index (χ1) is 5.21. The molecule has 0 spiro atoms. The number of hydrogen-bond acceptors (Lipinski definition) is 0. The average molecular weight is 309 g/mol. The van der Waals surface area contributed by atoms with E-state index in [4.69, 9.17) is 0 Å². The van der Waals surface area contributed by atoms with Crippen molar-refractivity contribution in [1.29, 1.82) is 0 Å². The van der Waals surface area contributed by atoms with E-state index < -0.39 is 16.1 Å². The minimum Gasteiger partial charge on any atom is -0.358 e. The molecule has 0 saturated heterocycles. The molecule has 96 valence electrons. The Kier molecular flexibility index (Phi) is 23.2. The molecule has 0 heterocycles. The Morgan fingerprint density at radius 2 is 0.812 bits per heavy atom. The van der Waals surface area contributed by atoms with Crippen LogP contribution < -0.4 is 0 Å². The maximum absolute atomic E-state index is 2.38. The van der Waals surface area contributed by atoms with Crippen LogP contribution in [-0.2, 0) is 21.7 Å². The van der Waals surface area contributed by atoms with Crippen LogP contribution in [0, 0.1) is 14.9 Å². The zero-order valence-electron chi connectivity index (χ0n) is 11.8. The van der Waals surface area contributed by atoms with Crippen LogP contribution in [-0.4, -0.2) is 27.1 Å². The Hall–Kier alpha value is 0.845. The quantitative estimate of drug-likeness (QED) is 0.426. The molecule has 0 fully saturated rings. The second-order valence-corrected chi connectivity index (χ2v) is 15.6. The van der Waals surface area contributed by atoms with Crippen molar-refractivity contribution in [3.8, 4) is 0 Å². The zero-order chi connectivity index (χ0) is 9.83. The predicted octanol–water partition coefficient (Wildman–Crippen LogP) is 3.30. The van der Waals surface area contributed by atoms with Gasteiger partial charge in [0.2, 0.25) is 0 Å². The molecule has 0 aliphatic carbocycles. The molecule has 0 saturated carbocycles. The first-order valence-electron chi connectivity index (χ1n) is 4.58. The summed E-state index contributed by atoms with van der Waals surface area (Å²) in [5.41, 5.74) is 4.76. The number of hydrogen-bond donors (Lipinski definition) is 0. The predicted molar refractivity (Wildman–Crippen MR) is 89.1 cm³/mol. The SMILES string of the molecule is C[Si](C)(C)C=CC=C[Si](C)(C)C.[CH3-].[CH3-].[SiH4].[Ti+2]. The fraction of sp³-hybridized carbons (Fsp3) is 0.500. The van der Waals surface area contributed by atoms with Gasteiger partial charge in [0.05, 0.1) is 16.1 Å². The molecule has 0 amide bonds. The second kappa shape index (κ2) is 12.3. The van der Waals surface area contributed by atoms with Gasteiger partial charge >= 0.3 is 21.7 Å². The van der Waals surface area contributed by atoms with Gasteiger partial charge in [-0.1, -0.05) is 62.8 Å². The van der Waals surface area contributed by atoms with Crippen molar-refractivity contribution in [3.63, 3.8) is 0 Å². The summed E-state index contributed by atoms with van der Waals surface area (Å²) in [6.07, 6.45) is 4.45. The van der Waals surface area contributed by atoms with Crippen LogP contribution in [0.4, 0.5) is 0 Å². The van der Waals surface area contributed by atoms with Gasteiger partial charge in [0.1, 0.15) is 0 Å². The smallest absolute Gasteiger partial charge is 0.358 e. The minimum absolute atomic E-state index is 0. The third kappa shape index (κ3) is 29.4. The summed E-state index contributed by atoms with van der Waals surface area (Å²) in [6, 6.07) is 0. The summed E-state index contributed by atoms with van der Waals surface area (Å²) in [6.45, 7) is 14.1. The molecular formula is C12H32Si3Ti. The molecule has 0 N–H and O–H groups in total. The molecule has 0 bridgehead atoms. The Labute approximate surface area is 126 Å². The van der Waals surface area contributed by atoms with Crippen LogP contribution in [0.5, 0.6) is 0 Å². The second-order valence-electron chi connectivity index (χ2n) is 5.45. The van der Waals surface area contributed by atoms with Crippen molar-refractivity contribution in [2.75, 3.05) is 0 Å². The van der Waals surface area contributed by atoms with Crippen LogP contribution in [0.1, 0.15) is 0 Å². The molecule has 0 aliphatic heterocycles. The van der Waals surface area contributed by atoms with Crippen molar-refractivity contribution >= 4 is 27.1 Å². The van der Waals surface area contributed by atoms with Crippen LogP contribution in [0.2, 0.25) is 39.3 Å². The zero-order valence-corrected chi connectivity index (χ0v) is 15.4. The summed E-state index contributed by atoms with van der Waals surface area (Å²) in [4.78, 5) is 0. The maximum atomic E-state index is 2.38. The summed E-state index contributed by atoms with van der Waals surface area (Å²) in [7, 11) is -1.94. The average Bonchev–Trinajstić information content (AvgIpc) is 1.76. The van der Waals surface area contributed by atoms with E-state index in [-0.39, 0.29) is 47.5 Å². The van der Waals surface area contributed by atoms with Crippen LogP contribution >= 0.6 is 0 Å².